The molecule has 0 spiro atoms. The summed E-state index contributed by atoms with van der Waals surface area (Å²) < 4.78 is 0. The molecule has 1 heteroatoms. The Hall–Kier alpha value is -1.11. The fourth-order valence-electron chi connectivity index (χ4n) is 1.28. The molecular formula is C12H17N. The van der Waals surface area contributed by atoms with Crippen LogP contribution in [-0.2, 0) is 0 Å². The molecule has 0 amide bonds. The Labute approximate surface area is 80.5 Å². The second-order valence-corrected chi connectivity index (χ2v) is 3.05. The van der Waals surface area contributed by atoms with Crippen LogP contribution in [0.15, 0.2) is 35.3 Å². The van der Waals surface area contributed by atoms with Crippen molar-refractivity contribution in [3.63, 3.8) is 0 Å². The molecule has 0 atom stereocenters. The van der Waals surface area contributed by atoms with E-state index in [4.69, 9.17) is 0 Å². The maximum absolute atomic E-state index is 4.55. The first-order chi connectivity index (χ1) is 6.38. The summed E-state index contributed by atoms with van der Waals surface area (Å²) in [6.45, 7) is 5.25. The van der Waals surface area contributed by atoms with Gasteiger partial charge in [-0.25, -0.2) is 0 Å². The molecule has 0 aliphatic heterocycles. The Balaban J connectivity index is 2.78. The molecule has 0 aromatic heterocycles. The predicted molar refractivity (Wildman–Crippen MR) is 58.4 cm³/mol. The molecule has 0 fully saturated rings. The maximum atomic E-state index is 4.55. The van der Waals surface area contributed by atoms with E-state index in [1.807, 2.05) is 6.07 Å². The third kappa shape index (κ3) is 3.02. The lowest BCUT2D eigenvalue weighted by Crippen LogP contribution is -1.99. The monoisotopic (exact) mass is 175 g/mol. The first-order valence-corrected chi connectivity index (χ1v) is 4.97. The molecule has 0 N–H and O–H groups in total. The van der Waals surface area contributed by atoms with Crippen LogP contribution in [-0.4, -0.2) is 12.3 Å². The Bertz CT molecular complexity index is 262. The van der Waals surface area contributed by atoms with Crippen LogP contribution in [0.1, 0.15) is 32.3 Å². The van der Waals surface area contributed by atoms with Crippen LogP contribution < -0.4 is 0 Å². The molecule has 1 rings (SSSR count). The summed E-state index contributed by atoms with van der Waals surface area (Å²) in [7, 11) is 0. The van der Waals surface area contributed by atoms with Gasteiger partial charge in [0.25, 0.3) is 0 Å². The molecule has 0 heterocycles. The Morgan fingerprint density at radius 3 is 2.38 bits per heavy atom. The van der Waals surface area contributed by atoms with Crippen LogP contribution in [0.5, 0.6) is 0 Å². The van der Waals surface area contributed by atoms with Gasteiger partial charge < -0.3 is 0 Å². The van der Waals surface area contributed by atoms with Gasteiger partial charge in [-0.3, -0.25) is 4.99 Å². The van der Waals surface area contributed by atoms with E-state index in [2.05, 4.69) is 43.1 Å². The zero-order valence-corrected chi connectivity index (χ0v) is 8.46. The van der Waals surface area contributed by atoms with Crippen LogP contribution in [0.3, 0.4) is 0 Å². The summed E-state index contributed by atoms with van der Waals surface area (Å²) in [5.74, 6) is 0. The molecular weight excluding hydrogens is 158 g/mol. The predicted octanol–water partition coefficient (Wildman–Crippen LogP) is 3.30. The summed E-state index contributed by atoms with van der Waals surface area (Å²) in [6, 6.07) is 10.4. The van der Waals surface area contributed by atoms with Gasteiger partial charge in [0, 0.05) is 12.3 Å². The molecule has 0 saturated heterocycles. The van der Waals surface area contributed by atoms with E-state index in [-0.39, 0.29) is 0 Å². The third-order valence-corrected chi connectivity index (χ3v) is 1.97. The topological polar surface area (TPSA) is 12.4 Å². The summed E-state index contributed by atoms with van der Waals surface area (Å²) >= 11 is 0. The van der Waals surface area contributed by atoms with E-state index in [1.54, 1.807) is 0 Å². The second-order valence-electron chi connectivity index (χ2n) is 3.05. The van der Waals surface area contributed by atoms with Gasteiger partial charge in [-0.05, 0) is 18.4 Å². The third-order valence-electron chi connectivity index (χ3n) is 1.97. The van der Waals surface area contributed by atoms with E-state index in [1.165, 1.54) is 11.3 Å². The van der Waals surface area contributed by atoms with Crippen molar-refractivity contribution in [3.8, 4) is 0 Å². The van der Waals surface area contributed by atoms with Crippen molar-refractivity contribution in [3.05, 3.63) is 35.9 Å². The SMILES string of the molecule is CCCN=C(CC)c1ccccc1. The highest BCUT2D eigenvalue weighted by Gasteiger charge is 1.97. The highest BCUT2D eigenvalue weighted by molar-refractivity contribution is 6.00. The number of hydrogen-bond donors (Lipinski definition) is 0. The molecule has 1 aromatic rings. The van der Waals surface area contributed by atoms with Crippen molar-refractivity contribution in [2.45, 2.75) is 26.7 Å². The zero-order chi connectivity index (χ0) is 9.52. The van der Waals surface area contributed by atoms with Crippen molar-refractivity contribution in [1.29, 1.82) is 0 Å². The van der Waals surface area contributed by atoms with E-state index < -0.39 is 0 Å². The number of rotatable bonds is 4. The van der Waals surface area contributed by atoms with Crippen molar-refractivity contribution in [2.75, 3.05) is 6.54 Å². The first kappa shape index (κ1) is 9.97. The van der Waals surface area contributed by atoms with E-state index in [9.17, 15) is 0 Å². The summed E-state index contributed by atoms with van der Waals surface area (Å²) in [6.07, 6.45) is 2.14. The maximum Gasteiger partial charge on any atom is 0.0417 e. The molecule has 0 unspecified atom stereocenters. The van der Waals surface area contributed by atoms with Gasteiger partial charge in [0.2, 0.25) is 0 Å². The molecule has 1 aromatic carbocycles. The van der Waals surface area contributed by atoms with Crippen molar-refractivity contribution in [1.82, 2.24) is 0 Å². The normalized spacial score (nSPS) is 11.7. The molecule has 0 bridgehead atoms. The Kier molecular flexibility index (Phi) is 4.24. The lowest BCUT2D eigenvalue weighted by Gasteiger charge is -2.02. The van der Waals surface area contributed by atoms with Gasteiger partial charge >= 0.3 is 0 Å². The minimum atomic E-state index is 0.943. The average molecular weight is 175 g/mol. The van der Waals surface area contributed by atoms with Crippen LogP contribution >= 0.6 is 0 Å². The summed E-state index contributed by atoms with van der Waals surface area (Å²) in [5.41, 5.74) is 2.49. The summed E-state index contributed by atoms with van der Waals surface area (Å²) in [4.78, 5) is 4.55. The molecule has 0 saturated carbocycles. The van der Waals surface area contributed by atoms with E-state index in [0.717, 1.165) is 19.4 Å². The fourth-order valence-corrected chi connectivity index (χ4v) is 1.28. The number of hydrogen-bond acceptors (Lipinski definition) is 1. The van der Waals surface area contributed by atoms with Crippen molar-refractivity contribution < 1.29 is 0 Å². The second kappa shape index (κ2) is 5.52. The van der Waals surface area contributed by atoms with Gasteiger partial charge in [-0.2, -0.15) is 0 Å². The standard InChI is InChI=1S/C12H17N/c1-3-10-13-12(4-2)11-8-6-5-7-9-11/h5-9H,3-4,10H2,1-2H3. The van der Waals surface area contributed by atoms with Gasteiger partial charge in [-0.15, -0.1) is 0 Å². The van der Waals surface area contributed by atoms with Crippen LogP contribution in [0.2, 0.25) is 0 Å². The van der Waals surface area contributed by atoms with E-state index in [0.29, 0.717) is 0 Å². The van der Waals surface area contributed by atoms with Gasteiger partial charge in [0.15, 0.2) is 0 Å². The van der Waals surface area contributed by atoms with Gasteiger partial charge in [0.1, 0.15) is 0 Å². The Morgan fingerprint density at radius 2 is 1.85 bits per heavy atom. The highest BCUT2D eigenvalue weighted by Crippen LogP contribution is 2.04. The lowest BCUT2D eigenvalue weighted by atomic mass is 10.1. The minimum Gasteiger partial charge on any atom is -0.289 e. The minimum absolute atomic E-state index is 0.943. The molecule has 0 radical (unpaired) electrons. The first-order valence-electron chi connectivity index (χ1n) is 4.97. The van der Waals surface area contributed by atoms with Crippen LogP contribution in [0.4, 0.5) is 0 Å². The number of aliphatic imine (C=N–C) groups is 1. The molecule has 70 valence electrons. The van der Waals surface area contributed by atoms with Crippen LogP contribution in [0.25, 0.3) is 0 Å². The van der Waals surface area contributed by atoms with Crippen molar-refractivity contribution >= 4 is 5.71 Å². The molecule has 1 nitrogen and oxygen atoms in total. The molecule has 0 aliphatic carbocycles. The molecule has 0 aliphatic rings. The largest absolute Gasteiger partial charge is 0.289 e. The number of benzene rings is 1. The van der Waals surface area contributed by atoms with Gasteiger partial charge in [-0.1, -0.05) is 44.2 Å². The zero-order valence-electron chi connectivity index (χ0n) is 8.46. The summed E-state index contributed by atoms with van der Waals surface area (Å²) in [5, 5.41) is 0. The smallest absolute Gasteiger partial charge is 0.0417 e. The van der Waals surface area contributed by atoms with Gasteiger partial charge in [0.05, 0.1) is 0 Å². The Morgan fingerprint density at radius 1 is 1.15 bits per heavy atom. The number of nitrogens with zero attached hydrogens (tertiary/aromatic N) is 1. The van der Waals surface area contributed by atoms with E-state index >= 15 is 0 Å². The fraction of sp³-hybridized carbons (Fsp3) is 0.417. The average Bonchev–Trinajstić information content (AvgIpc) is 2.21. The van der Waals surface area contributed by atoms with Crippen molar-refractivity contribution in [2.24, 2.45) is 4.99 Å². The lowest BCUT2D eigenvalue weighted by molar-refractivity contribution is 0.926. The quantitative estimate of drug-likeness (QED) is 0.623. The van der Waals surface area contributed by atoms with Crippen LogP contribution in [0, 0.1) is 0 Å². The molecule has 13 heavy (non-hydrogen) atoms. The highest BCUT2D eigenvalue weighted by atomic mass is 14.7.